The first-order valence-electron chi connectivity index (χ1n) is 5.91. The van der Waals surface area contributed by atoms with Gasteiger partial charge in [0.1, 0.15) is 0 Å². The average Bonchev–Trinajstić information content (AvgIpc) is 2.27. The second kappa shape index (κ2) is 5.50. The minimum atomic E-state index is -0.679. The highest BCUT2D eigenvalue weighted by Crippen LogP contribution is 2.46. The lowest BCUT2D eigenvalue weighted by Crippen LogP contribution is -2.53. The molecule has 102 valence electrons. The van der Waals surface area contributed by atoms with E-state index in [1.54, 1.807) is 0 Å². The highest BCUT2D eigenvalue weighted by molar-refractivity contribution is 9.11. The van der Waals surface area contributed by atoms with Crippen LogP contribution < -0.4 is 11.1 Å². The Labute approximate surface area is 134 Å². The molecule has 1 fully saturated rings. The predicted octanol–water partition coefficient (Wildman–Crippen LogP) is 3.85. The van der Waals surface area contributed by atoms with E-state index >= 15 is 0 Å². The topological polar surface area (TPSA) is 55.1 Å². The van der Waals surface area contributed by atoms with Gasteiger partial charge in [-0.15, -0.1) is 0 Å². The minimum Gasteiger partial charge on any atom is -0.392 e. The zero-order valence-corrected chi connectivity index (χ0v) is 14.4. The predicted molar refractivity (Wildman–Crippen MR) is 88.1 cm³/mol. The maximum absolute atomic E-state index is 12.4. The average molecular weight is 406 g/mol. The van der Waals surface area contributed by atoms with E-state index in [9.17, 15) is 4.79 Å². The minimum absolute atomic E-state index is 0.110. The summed E-state index contributed by atoms with van der Waals surface area (Å²) in [5.74, 6) is 0.377. The molecular weight excluding hydrogens is 392 g/mol. The molecule has 0 bridgehead atoms. The van der Waals surface area contributed by atoms with E-state index in [1.165, 1.54) is 0 Å². The number of halogens is 2. The third kappa shape index (κ3) is 2.85. The number of amides is 1. The number of nitrogens with two attached hydrogens (primary N) is 1. The number of benzene rings is 1. The molecule has 0 saturated heterocycles. The lowest BCUT2D eigenvalue weighted by atomic mass is 9.62. The van der Waals surface area contributed by atoms with Gasteiger partial charge in [-0.3, -0.25) is 4.79 Å². The Morgan fingerprint density at radius 1 is 1.47 bits per heavy atom. The largest absolute Gasteiger partial charge is 0.392 e. The van der Waals surface area contributed by atoms with Gasteiger partial charge in [-0.25, -0.2) is 0 Å². The van der Waals surface area contributed by atoms with Crippen LogP contribution in [-0.2, 0) is 4.79 Å². The number of thiocarbonyl (C=S) groups is 1. The van der Waals surface area contributed by atoms with Gasteiger partial charge in [-0.05, 0) is 52.9 Å². The standard InChI is InChI=1S/C13H14Br2N2OS/c1-7-5-13(6-7,11(16)19)12(18)17-10-3-2-8(14)4-9(10)15/h2-4,7H,5-6H2,1H3,(H2,16,19)(H,17,18). The lowest BCUT2D eigenvalue weighted by molar-refractivity contribution is -0.127. The molecule has 6 heteroatoms. The van der Waals surface area contributed by atoms with Crippen LogP contribution in [0.15, 0.2) is 27.1 Å². The van der Waals surface area contributed by atoms with Gasteiger partial charge in [0.2, 0.25) is 5.91 Å². The van der Waals surface area contributed by atoms with Crippen molar-refractivity contribution >= 4 is 60.7 Å². The van der Waals surface area contributed by atoms with Crippen LogP contribution in [0, 0.1) is 11.3 Å². The van der Waals surface area contributed by atoms with E-state index in [0.717, 1.165) is 27.5 Å². The molecular formula is C13H14Br2N2OS. The lowest BCUT2D eigenvalue weighted by Gasteiger charge is -2.44. The van der Waals surface area contributed by atoms with E-state index in [0.29, 0.717) is 5.92 Å². The molecule has 1 aliphatic rings. The summed E-state index contributed by atoms with van der Waals surface area (Å²) in [6.07, 6.45) is 1.45. The van der Waals surface area contributed by atoms with Crippen LogP contribution in [0.25, 0.3) is 0 Å². The van der Waals surface area contributed by atoms with Crippen LogP contribution in [0.5, 0.6) is 0 Å². The summed E-state index contributed by atoms with van der Waals surface area (Å²) in [7, 11) is 0. The molecule has 0 spiro atoms. The molecule has 1 aromatic rings. The fraction of sp³-hybridized carbons (Fsp3) is 0.385. The van der Waals surface area contributed by atoms with Crippen molar-refractivity contribution in [2.24, 2.45) is 17.1 Å². The van der Waals surface area contributed by atoms with Crippen LogP contribution in [0.3, 0.4) is 0 Å². The molecule has 19 heavy (non-hydrogen) atoms. The number of anilines is 1. The van der Waals surface area contributed by atoms with Crippen molar-refractivity contribution in [1.29, 1.82) is 0 Å². The number of carbonyl (C=O) groups excluding carboxylic acids is 1. The van der Waals surface area contributed by atoms with Crippen LogP contribution in [0.2, 0.25) is 0 Å². The van der Waals surface area contributed by atoms with Crippen molar-refractivity contribution in [2.45, 2.75) is 19.8 Å². The van der Waals surface area contributed by atoms with Crippen molar-refractivity contribution in [3.63, 3.8) is 0 Å². The molecule has 0 unspecified atom stereocenters. The van der Waals surface area contributed by atoms with Gasteiger partial charge in [0.05, 0.1) is 16.1 Å². The fourth-order valence-electron chi connectivity index (χ4n) is 2.46. The Bertz CT molecular complexity index is 541. The Kier molecular flexibility index (Phi) is 4.32. The second-order valence-corrected chi connectivity index (χ2v) is 7.25. The van der Waals surface area contributed by atoms with Crippen molar-refractivity contribution < 1.29 is 4.79 Å². The van der Waals surface area contributed by atoms with Gasteiger partial charge in [-0.1, -0.05) is 35.1 Å². The number of hydrogen-bond donors (Lipinski definition) is 2. The first kappa shape index (κ1) is 14.9. The molecule has 1 aromatic carbocycles. The summed E-state index contributed by atoms with van der Waals surface area (Å²) >= 11 is 11.9. The molecule has 0 atom stereocenters. The quantitative estimate of drug-likeness (QED) is 0.750. The maximum Gasteiger partial charge on any atom is 0.237 e. The molecule has 0 aromatic heterocycles. The molecule has 3 N–H and O–H groups in total. The Balaban J connectivity index is 2.19. The third-order valence-electron chi connectivity index (χ3n) is 3.48. The number of hydrogen-bond acceptors (Lipinski definition) is 2. The van der Waals surface area contributed by atoms with E-state index in [1.807, 2.05) is 18.2 Å². The van der Waals surface area contributed by atoms with Crippen LogP contribution in [-0.4, -0.2) is 10.9 Å². The maximum atomic E-state index is 12.4. The van der Waals surface area contributed by atoms with E-state index in [2.05, 4.69) is 44.1 Å². The SMILES string of the molecule is CC1CC(C(=O)Nc2ccc(Br)cc2Br)(C(N)=S)C1. The molecule has 2 rings (SSSR count). The summed E-state index contributed by atoms with van der Waals surface area (Å²) in [6.45, 7) is 2.10. The molecule has 3 nitrogen and oxygen atoms in total. The van der Waals surface area contributed by atoms with Crippen molar-refractivity contribution in [1.82, 2.24) is 0 Å². The van der Waals surface area contributed by atoms with Crippen molar-refractivity contribution in [3.05, 3.63) is 27.1 Å². The van der Waals surface area contributed by atoms with E-state index in [-0.39, 0.29) is 10.9 Å². The number of rotatable bonds is 3. The van der Waals surface area contributed by atoms with Crippen LogP contribution >= 0.6 is 44.1 Å². The monoisotopic (exact) mass is 404 g/mol. The molecule has 1 amide bonds. The van der Waals surface area contributed by atoms with Gasteiger partial charge in [0.15, 0.2) is 0 Å². The Hall–Kier alpha value is -0.460. The normalized spacial score (nSPS) is 25.5. The van der Waals surface area contributed by atoms with E-state index in [4.69, 9.17) is 18.0 Å². The van der Waals surface area contributed by atoms with Crippen molar-refractivity contribution in [3.8, 4) is 0 Å². The first-order chi connectivity index (χ1) is 8.85. The molecule has 1 aliphatic carbocycles. The van der Waals surface area contributed by atoms with Gasteiger partial charge < -0.3 is 11.1 Å². The number of carbonyl (C=O) groups is 1. The first-order valence-corrected chi connectivity index (χ1v) is 7.91. The Morgan fingerprint density at radius 2 is 2.11 bits per heavy atom. The third-order valence-corrected chi connectivity index (χ3v) is 5.02. The van der Waals surface area contributed by atoms with Gasteiger partial charge in [0.25, 0.3) is 0 Å². The summed E-state index contributed by atoms with van der Waals surface area (Å²) in [5, 5.41) is 2.91. The molecule has 1 saturated carbocycles. The number of nitrogens with one attached hydrogen (secondary N) is 1. The summed E-state index contributed by atoms with van der Waals surface area (Å²) in [4.78, 5) is 12.7. The van der Waals surface area contributed by atoms with Crippen molar-refractivity contribution in [2.75, 3.05) is 5.32 Å². The molecule has 0 heterocycles. The van der Waals surface area contributed by atoms with Gasteiger partial charge in [-0.2, -0.15) is 0 Å². The summed E-state index contributed by atoms with van der Waals surface area (Å²) < 4.78 is 1.76. The van der Waals surface area contributed by atoms with Gasteiger partial charge >= 0.3 is 0 Å². The highest BCUT2D eigenvalue weighted by atomic mass is 79.9. The summed E-state index contributed by atoms with van der Waals surface area (Å²) in [5.41, 5.74) is 5.81. The second-order valence-electron chi connectivity index (χ2n) is 5.04. The van der Waals surface area contributed by atoms with Gasteiger partial charge in [0, 0.05) is 8.95 Å². The zero-order chi connectivity index (χ0) is 14.2. The molecule has 0 radical (unpaired) electrons. The fourth-order valence-corrected chi connectivity index (χ4v) is 3.87. The smallest absolute Gasteiger partial charge is 0.237 e. The summed E-state index contributed by atoms with van der Waals surface area (Å²) in [6, 6.07) is 5.59. The van der Waals surface area contributed by atoms with E-state index < -0.39 is 5.41 Å². The zero-order valence-electron chi connectivity index (χ0n) is 10.4. The highest BCUT2D eigenvalue weighted by Gasteiger charge is 2.50. The Morgan fingerprint density at radius 3 is 2.58 bits per heavy atom. The van der Waals surface area contributed by atoms with Crippen LogP contribution in [0.4, 0.5) is 5.69 Å². The molecule has 0 aliphatic heterocycles. The van der Waals surface area contributed by atoms with Crippen LogP contribution in [0.1, 0.15) is 19.8 Å².